The van der Waals surface area contributed by atoms with Gasteiger partial charge in [-0.15, -0.1) is 0 Å². The molecular weight excluding hydrogens is 224 g/mol. The number of nitrogens with two attached hydrogens (primary N) is 1. The molecule has 0 bridgehead atoms. The van der Waals surface area contributed by atoms with Gasteiger partial charge in [-0.05, 0) is 43.9 Å². The first-order valence-electron chi connectivity index (χ1n) is 6.46. The number of nitrogen functional groups attached to an aromatic ring is 1. The molecule has 0 spiro atoms. The molecular formula is C15H24N2O. The maximum Gasteiger partial charge on any atom is 0.254 e. The summed E-state index contributed by atoms with van der Waals surface area (Å²) in [4.78, 5) is 14.2. The smallest absolute Gasteiger partial charge is 0.254 e. The largest absolute Gasteiger partial charge is 0.398 e. The molecule has 1 rings (SSSR count). The second kappa shape index (κ2) is 5.89. The van der Waals surface area contributed by atoms with Crippen molar-refractivity contribution in [1.29, 1.82) is 0 Å². The van der Waals surface area contributed by atoms with Crippen LogP contribution in [-0.2, 0) is 0 Å². The third-order valence-electron chi connectivity index (χ3n) is 3.40. The zero-order valence-electron chi connectivity index (χ0n) is 12.0. The van der Waals surface area contributed by atoms with Gasteiger partial charge in [0.15, 0.2) is 0 Å². The molecule has 0 aliphatic rings. The molecule has 1 unspecified atom stereocenters. The average Bonchev–Trinajstić information content (AvgIpc) is 2.30. The number of hydrogen-bond donors (Lipinski definition) is 1. The summed E-state index contributed by atoms with van der Waals surface area (Å²) in [6, 6.07) is 5.73. The SMILES string of the molecule is Cc1c(N)cccc1C(=O)N(C)C(C)CC(C)C. The van der Waals surface area contributed by atoms with Gasteiger partial charge < -0.3 is 10.6 Å². The predicted molar refractivity (Wildman–Crippen MR) is 76.6 cm³/mol. The van der Waals surface area contributed by atoms with Crippen molar-refractivity contribution >= 4 is 11.6 Å². The second-order valence-electron chi connectivity index (χ2n) is 5.41. The van der Waals surface area contributed by atoms with Gasteiger partial charge in [-0.1, -0.05) is 19.9 Å². The molecule has 0 radical (unpaired) electrons. The maximum atomic E-state index is 12.4. The summed E-state index contributed by atoms with van der Waals surface area (Å²) in [5.41, 5.74) is 8.09. The van der Waals surface area contributed by atoms with E-state index in [0.29, 0.717) is 17.2 Å². The highest BCUT2D eigenvalue weighted by Gasteiger charge is 2.20. The Bertz CT molecular complexity index is 427. The van der Waals surface area contributed by atoms with Gasteiger partial charge in [0.2, 0.25) is 0 Å². The normalized spacial score (nSPS) is 12.6. The number of anilines is 1. The number of hydrogen-bond acceptors (Lipinski definition) is 2. The molecule has 3 nitrogen and oxygen atoms in total. The molecule has 1 aromatic carbocycles. The summed E-state index contributed by atoms with van der Waals surface area (Å²) in [5.74, 6) is 0.630. The van der Waals surface area contributed by atoms with Crippen LogP contribution in [0.5, 0.6) is 0 Å². The molecule has 0 saturated heterocycles. The highest BCUT2D eigenvalue weighted by atomic mass is 16.2. The first-order valence-corrected chi connectivity index (χ1v) is 6.46. The van der Waals surface area contributed by atoms with Crippen molar-refractivity contribution < 1.29 is 4.79 Å². The van der Waals surface area contributed by atoms with Crippen molar-refractivity contribution in [3.05, 3.63) is 29.3 Å². The second-order valence-corrected chi connectivity index (χ2v) is 5.41. The van der Waals surface area contributed by atoms with E-state index in [9.17, 15) is 4.79 Å². The Balaban J connectivity index is 2.90. The summed E-state index contributed by atoms with van der Waals surface area (Å²) in [6.45, 7) is 8.31. The lowest BCUT2D eigenvalue weighted by Crippen LogP contribution is -2.36. The molecule has 1 amide bonds. The fraction of sp³-hybridized carbons (Fsp3) is 0.533. The van der Waals surface area contributed by atoms with Crippen LogP contribution in [0, 0.1) is 12.8 Å². The van der Waals surface area contributed by atoms with Crippen LogP contribution in [0.15, 0.2) is 18.2 Å². The Morgan fingerprint density at radius 1 is 1.33 bits per heavy atom. The molecule has 2 N–H and O–H groups in total. The Kier molecular flexibility index (Phi) is 4.76. The van der Waals surface area contributed by atoms with Crippen molar-refractivity contribution in [3.8, 4) is 0 Å². The number of amides is 1. The van der Waals surface area contributed by atoms with Gasteiger partial charge in [-0.2, -0.15) is 0 Å². The van der Waals surface area contributed by atoms with E-state index in [4.69, 9.17) is 5.73 Å². The van der Waals surface area contributed by atoms with Crippen LogP contribution in [0.2, 0.25) is 0 Å². The Morgan fingerprint density at radius 2 is 1.94 bits per heavy atom. The van der Waals surface area contributed by atoms with Crippen LogP contribution in [0.3, 0.4) is 0 Å². The number of rotatable bonds is 4. The van der Waals surface area contributed by atoms with Gasteiger partial charge in [-0.25, -0.2) is 0 Å². The maximum absolute atomic E-state index is 12.4. The Morgan fingerprint density at radius 3 is 2.50 bits per heavy atom. The molecule has 0 aromatic heterocycles. The van der Waals surface area contributed by atoms with E-state index in [1.807, 2.05) is 37.1 Å². The van der Waals surface area contributed by atoms with E-state index in [-0.39, 0.29) is 11.9 Å². The lowest BCUT2D eigenvalue weighted by molar-refractivity contribution is 0.0727. The predicted octanol–water partition coefficient (Wildman–Crippen LogP) is 3.08. The van der Waals surface area contributed by atoms with Crippen LogP contribution in [-0.4, -0.2) is 23.9 Å². The summed E-state index contributed by atoms with van der Waals surface area (Å²) in [7, 11) is 1.86. The summed E-state index contributed by atoms with van der Waals surface area (Å²) < 4.78 is 0. The molecule has 0 heterocycles. The van der Waals surface area contributed by atoms with E-state index < -0.39 is 0 Å². The number of benzene rings is 1. The molecule has 1 aromatic rings. The highest BCUT2D eigenvalue weighted by molar-refractivity contribution is 5.96. The fourth-order valence-corrected chi connectivity index (χ4v) is 2.12. The Hall–Kier alpha value is -1.51. The summed E-state index contributed by atoms with van der Waals surface area (Å²) in [5, 5.41) is 0. The minimum atomic E-state index is 0.0490. The third kappa shape index (κ3) is 3.25. The molecule has 3 heteroatoms. The monoisotopic (exact) mass is 248 g/mol. The molecule has 0 aliphatic carbocycles. The first-order chi connectivity index (χ1) is 8.34. The molecule has 0 fully saturated rings. The van der Waals surface area contributed by atoms with Crippen molar-refractivity contribution in [2.24, 2.45) is 5.92 Å². The summed E-state index contributed by atoms with van der Waals surface area (Å²) in [6.07, 6.45) is 1.00. The zero-order valence-corrected chi connectivity index (χ0v) is 12.0. The molecule has 18 heavy (non-hydrogen) atoms. The standard InChI is InChI=1S/C15H24N2O/c1-10(2)9-11(3)17(5)15(18)13-7-6-8-14(16)12(13)4/h6-8,10-11H,9,16H2,1-5H3. The van der Waals surface area contributed by atoms with Crippen molar-refractivity contribution in [1.82, 2.24) is 4.90 Å². The van der Waals surface area contributed by atoms with Gasteiger partial charge in [0.1, 0.15) is 0 Å². The molecule has 0 aliphatic heterocycles. The number of nitrogens with zero attached hydrogens (tertiary/aromatic N) is 1. The van der Waals surface area contributed by atoms with Gasteiger partial charge in [-0.3, -0.25) is 4.79 Å². The third-order valence-corrected chi connectivity index (χ3v) is 3.40. The van der Waals surface area contributed by atoms with Gasteiger partial charge in [0, 0.05) is 24.3 Å². The lowest BCUT2D eigenvalue weighted by Gasteiger charge is -2.27. The zero-order chi connectivity index (χ0) is 13.9. The fourth-order valence-electron chi connectivity index (χ4n) is 2.12. The molecule has 0 saturated carbocycles. The van der Waals surface area contributed by atoms with Crippen molar-refractivity contribution in [3.63, 3.8) is 0 Å². The van der Waals surface area contributed by atoms with Crippen LogP contribution < -0.4 is 5.73 Å². The minimum absolute atomic E-state index is 0.0490. The average molecular weight is 248 g/mol. The van der Waals surface area contributed by atoms with E-state index in [1.54, 1.807) is 0 Å². The van der Waals surface area contributed by atoms with Crippen molar-refractivity contribution in [2.75, 3.05) is 12.8 Å². The van der Waals surface area contributed by atoms with Crippen LogP contribution in [0.4, 0.5) is 5.69 Å². The topological polar surface area (TPSA) is 46.3 Å². The van der Waals surface area contributed by atoms with Gasteiger partial charge >= 0.3 is 0 Å². The lowest BCUT2D eigenvalue weighted by atomic mass is 10.0. The molecule has 1 atom stereocenters. The van der Waals surface area contributed by atoms with E-state index >= 15 is 0 Å². The van der Waals surface area contributed by atoms with Crippen LogP contribution in [0.1, 0.15) is 43.1 Å². The van der Waals surface area contributed by atoms with E-state index in [1.165, 1.54) is 0 Å². The van der Waals surface area contributed by atoms with Crippen molar-refractivity contribution in [2.45, 2.75) is 40.2 Å². The van der Waals surface area contributed by atoms with Gasteiger partial charge in [0.25, 0.3) is 5.91 Å². The highest BCUT2D eigenvalue weighted by Crippen LogP contribution is 2.19. The Labute approximate surface area is 110 Å². The van der Waals surface area contributed by atoms with Gasteiger partial charge in [0.05, 0.1) is 0 Å². The van der Waals surface area contributed by atoms with E-state index in [2.05, 4.69) is 20.8 Å². The summed E-state index contributed by atoms with van der Waals surface area (Å²) >= 11 is 0. The number of carbonyl (C=O) groups is 1. The first kappa shape index (κ1) is 14.6. The minimum Gasteiger partial charge on any atom is -0.398 e. The van der Waals surface area contributed by atoms with E-state index in [0.717, 1.165) is 12.0 Å². The number of carbonyl (C=O) groups excluding carboxylic acids is 1. The van der Waals surface area contributed by atoms with Crippen LogP contribution >= 0.6 is 0 Å². The molecule has 100 valence electrons. The quantitative estimate of drug-likeness (QED) is 0.832. The van der Waals surface area contributed by atoms with Crippen LogP contribution in [0.25, 0.3) is 0 Å².